The number of likely N-dealkylation sites (tertiary alicyclic amines) is 1. The van der Waals surface area contributed by atoms with Gasteiger partial charge in [-0.2, -0.15) is 0 Å². The monoisotopic (exact) mass is 320 g/mol. The zero-order chi connectivity index (χ0) is 17.0. The largest absolute Gasteiger partial charge is 0.494 e. The first-order valence-electron chi connectivity index (χ1n) is 7.54. The van der Waals surface area contributed by atoms with Crippen LogP contribution < -0.4 is 10.5 Å². The number of primary amides is 1. The molecular formula is C17H21FN2O3. The van der Waals surface area contributed by atoms with Crippen LogP contribution in [0.2, 0.25) is 0 Å². The van der Waals surface area contributed by atoms with E-state index in [0.717, 1.165) is 6.42 Å². The number of hydrogen-bond acceptors (Lipinski definition) is 3. The molecule has 6 heteroatoms. The van der Waals surface area contributed by atoms with Gasteiger partial charge in [-0.1, -0.05) is 6.07 Å². The van der Waals surface area contributed by atoms with Crippen molar-refractivity contribution in [3.8, 4) is 5.75 Å². The molecule has 1 aliphatic heterocycles. The molecule has 23 heavy (non-hydrogen) atoms. The van der Waals surface area contributed by atoms with Gasteiger partial charge in [0.05, 0.1) is 13.0 Å². The molecule has 0 radical (unpaired) electrons. The van der Waals surface area contributed by atoms with E-state index in [1.54, 1.807) is 17.0 Å². The van der Waals surface area contributed by atoms with Gasteiger partial charge in [-0.25, -0.2) is 4.39 Å². The standard InChI is InChI=1S/C17H21FN2O3/c1-11-3-6-13(17(19)22)10-20(11)16(21)8-5-12-4-7-15(23-2)14(18)9-12/h4-5,7-9,11,13H,3,6,10H2,1-2H3,(H2,19,22)/b8-5+/t11-,13+/m0/s1. The van der Waals surface area contributed by atoms with Gasteiger partial charge in [-0.3, -0.25) is 9.59 Å². The van der Waals surface area contributed by atoms with Crippen LogP contribution in [0.3, 0.4) is 0 Å². The summed E-state index contributed by atoms with van der Waals surface area (Å²) in [4.78, 5) is 25.3. The van der Waals surface area contributed by atoms with E-state index in [1.807, 2.05) is 6.92 Å². The van der Waals surface area contributed by atoms with Crippen LogP contribution in [0, 0.1) is 11.7 Å². The minimum absolute atomic E-state index is 0.0513. The van der Waals surface area contributed by atoms with Crippen LogP contribution in [-0.4, -0.2) is 36.4 Å². The van der Waals surface area contributed by atoms with Crippen molar-refractivity contribution in [2.75, 3.05) is 13.7 Å². The van der Waals surface area contributed by atoms with Crippen molar-refractivity contribution in [1.29, 1.82) is 0 Å². The highest BCUT2D eigenvalue weighted by atomic mass is 19.1. The number of amides is 2. The Hall–Kier alpha value is -2.37. The molecule has 0 unspecified atom stereocenters. The van der Waals surface area contributed by atoms with Crippen molar-refractivity contribution in [2.24, 2.45) is 11.7 Å². The number of hydrogen-bond donors (Lipinski definition) is 1. The zero-order valence-electron chi connectivity index (χ0n) is 13.3. The third-order valence-electron chi connectivity index (χ3n) is 4.16. The topological polar surface area (TPSA) is 72.6 Å². The third-order valence-corrected chi connectivity index (χ3v) is 4.16. The number of piperidine rings is 1. The molecule has 1 aliphatic rings. The summed E-state index contributed by atoms with van der Waals surface area (Å²) in [6, 6.07) is 4.52. The fourth-order valence-electron chi connectivity index (χ4n) is 2.70. The van der Waals surface area contributed by atoms with Crippen LogP contribution in [0.1, 0.15) is 25.3 Å². The lowest BCUT2D eigenvalue weighted by atomic mass is 9.93. The van der Waals surface area contributed by atoms with Crippen LogP contribution in [0.4, 0.5) is 4.39 Å². The second kappa shape index (κ2) is 7.26. The molecule has 1 saturated heterocycles. The number of nitrogens with zero attached hydrogens (tertiary/aromatic N) is 1. The van der Waals surface area contributed by atoms with E-state index < -0.39 is 5.82 Å². The SMILES string of the molecule is COc1ccc(/C=C/C(=O)N2C[C@H](C(N)=O)CC[C@@H]2C)cc1F. The number of carbonyl (C=O) groups excluding carboxylic acids is 2. The second-order valence-corrected chi connectivity index (χ2v) is 5.74. The van der Waals surface area contributed by atoms with Crippen LogP contribution >= 0.6 is 0 Å². The van der Waals surface area contributed by atoms with Gasteiger partial charge in [0, 0.05) is 18.7 Å². The lowest BCUT2D eigenvalue weighted by Gasteiger charge is -2.36. The second-order valence-electron chi connectivity index (χ2n) is 5.74. The van der Waals surface area contributed by atoms with E-state index in [-0.39, 0.29) is 29.5 Å². The maximum Gasteiger partial charge on any atom is 0.246 e. The van der Waals surface area contributed by atoms with Gasteiger partial charge in [0.1, 0.15) is 0 Å². The molecule has 2 atom stereocenters. The lowest BCUT2D eigenvalue weighted by Crippen LogP contribution is -2.48. The van der Waals surface area contributed by atoms with Crippen molar-refractivity contribution in [3.63, 3.8) is 0 Å². The number of nitrogens with two attached hydrogens (primary N) is 1. The van der Waals surface area contributed by atoms with Gasteiger partial charge < -0.3 is 15.4 Å². The average Bonchev–Trinajstić information content (AvgIpc) is 2.53. The quantitative estimate of drug-likeness (QED) is 0.862. The molecule has 0 aliphatic carbocycles. The molecule has 124 valence electrons. The molecule has 1 heterocycles. The van der Waals surface area contributed by atoms with Crippen LogP contribution in [0.5, 0.6) is 5.75 Å². The molecule has 0 spiro atoms. The first-order valence-corrected chi connectivity index (χ1v) is 7.54. The fourth-order valence-corrected chi connectivity index (χ4v) is 2.70. The lowest BCUT2D eigenvalue weighted by molar-refractivity contribution is -0.133. The molecule has 0 aromatic heterocycles. The molecule has 1 aromatic carbocycles. The number of carbonyl (C=O) groups is 2. The van der Waals surface area contributed by atoms with E-state index >= 15 is 0 Å². The molecule has 2 amide bonds. The number of benzene rings is 1. The Labute approximate surface area is 134 Å². The van der Waals surface area contributed by atoms with Gasteiger partial charge in [-0.05, 0) is 43.5 Å². The summed E-state index contributed by atoms with van der Waals surface area (Å²) in [5.74, 6) is -1.22. The van der Waals surface area contributed by atoms with Crippen LogP contribution in [-0.2, 0) is 9.59 Å². The molecule has 0 saturated carbocycles. The van der Waals surface area contributed by atoms with Crippen molar-refractivity contribution in [1.82, 2.24) is 4.90 Å². The number of methoxy groups -OCH3 is 1. The molecule has 1 aromatic rings. The Morgan fingerprint density at radius 3 is 2.74 bits per heavy atom. The highest BCUT2D eigenvalue weighted by Crippen LogP contribution is 2.22. The van der Waals surface area contributed by atoms with E-state index in [4.69, 9.17) is 10.5 Å². The Morgan fingerprint density at radius 1 is 1.39 bits per heavy atom. The molecule has 2 N–H and O–H groups in total. The summed E-state index contributed by atoms with van der Waals surface area (Å²) in [5, 5.41) is 0. The van der Waals surface area contributed by atoms with E-state index in [1.165, 1.54) is 25.3 Å². The fraction of sp³-hybridized carbons (Fsp3) is 0.412. The van der Waals surface area contributed by atoms with Crippen molar-refractivity contribution in [3.05, 3.63) is 35.7 Å². The zero-order valence-corrected chi connectivity index (χ0v) is 13.3. The normalized spacial score (nSPS) is 21.4. The van der Waals surface area contributed by atoms with E-state index in [2.05, 4.69) is 0 Å². The Kier molecular flexibility index (Phi) is 5.36. The molecule has 2 rings (SSSR count). The third kappa shape index (κ3) is 4.09. The van der Waals surface area contributed by atoms with Crippen LogP contribution in [0.15, 0.2) is 24.3 Å². The number of ether oxygens (including phenoxy) is 1. The van der Waals surface area contributed by atoms with Crippen LogP contribution in [0.25, 0.3) is 6.08 Å². The summed E-state index contributed by atoms with van der Waals surface area (Å²) in [7, 11) is 1.39. The van der Waals surface area contributed by atoms with Crippen molar-refractivity contribution < 1.29 is 18.7 Å². The first-order chi connectivity index (χ1) is 10.9. The Balaban J connectivity index is 2.07. The van der Waals surface area contributed by atoms with Gasteiger partial charge in [0.2, 0.25) is 11.8 Å². The first kappa shape index (κ1) is 17.0. The van der Waals surface area contributed by atoms with Gasteiger partial charge in [-0.15, -0.1) is 0 Å². The average molecular weight is 320 g/mol. The Bertz CT molecular complexity index is 630. The highest BCUT2D eigenvalue weighted by Gasteiger charge is 2.30. The smallest absolute Gasteiger partial charge is 0.246 e. The minimum Gasteiger partial charge on any atom is -0.494 e. The summed E-state index contributed by atoms with van der Waals surface area (Å²) in [6.07, 6.45) is 4.38. The minimum atomic E-state index is -0.484. The summed E-state index contributed by atoms with van der Waals surface area (Å²) >= 11 is 0. The predicted molar refractivity (Wildman–Crippen MR) is 85.1 cm³/mol. The molecule has 5 nitrogen and oxygen atoms in total. The van der Waals surface area contributed by atoms with Crippen molar-refractivity contribution >= 4 is 17.9 Å². The Morgan fingerprint density at radius 2 is 2.13 bits per heavy atom. The summed E-state index contributed by atoms with van der Waals surface area (Å²) in [6.45, 7) is 2.27. The van der Waals surface area contributed by atoms with Crippen molar-refractivity contribution in [2.45, 2.75) is 25.8 Å². The molecule has 1 fully saturated rings. The predicted octanol–water partition coefficient (Wildman–Crippen LogP) is 1.96. The van der Waals surface area contributed by atoms with Gasteiger partial charge >= 0.3 is 0 Å². The van der Waals surface area contributed by atoms with Gasteiger partial charge in [0.15, 0.2) is 11.6 Å². The van der Waals surface area contributed by atoms with Gasteiger partial charge in [0.25, 0.3) is 0 Å². The molecule has 0 bridgehead atoms. The molecular weight excluding hydrogens is 299 g/mol. The summed E-state index contributed by atoms with van der Waals surface area (Å²) in [5.41, 5.74) is 5.90. The maximum absolute atomic E-state index is 13.6. The highest BCUT2D eigenvalue weighted by molar-refractivity contribution is 5.92. The number of halogens is 1. The van der Waals surface area contributed by atoms with E-state index in [9.17, 15) is 14.0 Å². The summed E-state index contributed by atoms with van der Waals surface area (Å²) < 4.78 is 18.5. The number of rotatable bonds is 4. The maximum atomic E-state index is 13.6. The van der Waals surface area contributed by atoms with E-state index in [0.29, 0.717) is 18.5 Å².